The summed E-state index contributed by atoms with van der Waals surface area (Å²) in [6, 6.07) is 6.98. The molecular formula is C17H28N2O. The second-order valence-electron chi connectivity index (χ2n) is 6.12. The third kappa shape index (κ3) is 2.70. The molecule has 0 aromatic heterocycles. The van der Waals surface area contributed by atoms with E-state index in [4.69, 9.17) is 10.5 Å². The fourth-order valence-corrected chi connectivity index (χ4v) is 3.73. The minimum absolute atomic E-state index is 0.0995. The number of benzene rings is 1. The molecule has 3 nitrogen and oxygen atoms in total. The van der Waals surface area contributed by atoms with Crippen molar-refractivity contribution in [1.29, 1.82) is 0 Å². The Bertz CT molecular complexity index is 458. The molecular weight excluding hydrogens is 248 g/mol. The van der Waals surface area contributed by atoms with Crippen LogP contribution in [0.4, 0.5) is 0 Å². The van der Waals surface area contributed by atoms with Crippen LogP contribution >= 0.6 is 0 Å². The third-order valence-corrected chi connectivity index (χ3v) is 4.75. The average Bonchev–Trinajstić information content (AvgIpc) is 2.46. The number of likely N-dealkylation sites (N-methyl/N-ethyl adjacent to an activating group) is 1. The smallest absolute Gasteiger partial charge is 0.119 e. The highest BCUT2D eigenvalue weighted by Crippen LogP contribution is 2.35. The lowest BCUT2D eigenvalue weighted by molar-refractivity contribution is 0.0546. The van der Waals surface area contributed by atoms with Gasteiger partial charge in [0.05, 0.1) is 7.11 Å². The van der Waals surface area contributed by atoms with Crippen LogP contribution in [0.25, 0.3) is 0 Å². The third-order valence-electron chi connectivity index (χ3n) is 4.75. The second-order valence-corrected chi connectivity index (χ2v) is 6.12. The molecule has 112 valence electrons. The lowest BCUT2D eigenvalue weighted by Crippen LogP contribution is -2.59. The van der Waals surface area contributed by atoms with Crippen molar-refractivity contribution in [3.63, 3.8) is 0 Å². The van der Waals surface area contributed by atoms with Crippen molar-refractivity contribution in [2.24, 2.45) is 5.73 Å². The molecule has 0 saturated carbocycles. The molecule has 20 heavy (non-hydrogen) atoms. The van der Waals surface area contributed by atoms with Crippen molar-refractivity contribution in [2.45, 2.75) is 51.6 Å². The molecule has 2 N–H and O–H groups in total. The minimum Gasteiger partial charge on any atom is -0.497 e. The predicted molar refractivity (Wildman–Crippen MR) is 84.3 cm³/mol. The van der Waals surface area contributed by atoms with Gasteiger partial charge in [0.1, 0.15) is 5.75 Å². The molecule has 1 aromatic rings. The Kier molecular flexibility index (Phi) is 4.71. The Balaban J connectivity index is 2.34. The number of nitrogens with zero attached hydrogens (tertiary/aromatic N) is 1. The fourth-order valence-electron chi connectivity index (χ4n) is 3.73. The van der Waals surface area contributed by atoms with Crippen molar-refractivity contribution in [1.82, 2.24) is 4.90 Å². The van der Waals surface area contributed by atoms with Gasteiger partial charge in [0.25, 0.3) is 0 Å². The van der Waals surface area contributed by atoms with Gasteiger partial charge in [-0.3, -0.25) is 4.90 Å². The molecule has 0 heterocycles. The molecule has 2 rings (SSSR count). The predicted octanol–water partition coefficient (Wildman–Crippen LogP) is 2.61. The molecule has 1 unspecified atom stereocenters. The maximum absolute atomic E-state index is 6.21. The van der Waals surface area contributed by atoms with E-state index in [0.717, 1.165) is 38.1 Å². The van der Waals surface area contributed by atoms with E-state index in [2.05, 4.69) is 43.9 Å². The summed E-state index contributed by atoms with van der Waals surface area (Å²) >= 11 is 0. The van der Waals surface area contributed by atoms with Gasteiger partial charge in [-0.1, -0.05) is 13.0 Å². The normalized spacial score (nSPS) is 22.1. The Morgan fingerprint density at radius 3 is 2.65 bits per heavy atom. The maximum Gasteiger partial charge on any atom is 0.119 e. The highest BCUT2D eigenvalue weighted by molar-refractivity contribution is 5.39. The van der Waals surface area contributed by atoms with E-state index in [9.17, 15) is 0 Å². The molecule has 1 atom stereocenters. The summed E-state index contributed by atoms with van der Waals surface area (Å²) < 4.78 is 5.37. The zero-order valence-corrected chi connectivity index (χ0v) is 13.3. The van der Waals surface area contributed by atoms with Gasteiger partial charge in [-0.05, 0) is 62.9 Å². The van der Waals surface area contributed by atoms with E-state index in [0.29, 0.717) is 6.04 Å². The molecule has 0 spiro atoms. The van der Waals surface area contributed by atoms with Crippen molar-refractivity contribution in [2.75, 3.05) is 20.2 Å². The summed E-state index contributed by atoms with van der Waals surface area (Å²) in [5.41, 5.74) is 9.16. The first-order valence-corrected chi connectivity index (χ1v) is 7.69. The van der Waals surface area contributed by atoms with Crippen LogP contribution in [0.15, 0.2) is 18.2 Å². The molecule has 0 amide bonds. The Labute approximate surface area is 123 Å². The van der Waals surface area contributed by atoms with E-state index >= 15 is 0 Å². The molecule has 0 saturated heterocycles. The van der Waals surface area contributed by atoms with Gasteiger partial charge in [0.15, 0.2) is 0 Å². The zero-order chi connectivity index (χ0) is 14.8. The van der Waals surface area contributed by atoms with Gasteiger partial charge in [-0.2, -0.15) is 0 Å². The SMILES string of the molecule is CCN(C(C)C)C1(CN)CCc2ccc(OC)cc2C1. The van der Waals surface area contributed by atoms with Gasteiger partial charge in [0.2, 0.25) is 0 Å². The lowest BCUT2D eigenvalue weighted by Gasteiger charge is -2.48. The van der Waals surface area contributed by atoms with E-state index in [-0.39, 0.29) is 5.54 Å². The van der Waals surface area contributed by atoms with Crippen LogP contribution in [-0.4, -0.2) is 36.7 Å². The standard InChI is InChI=1S/C17H28N2O/c1-5-19(13(2)3)17(12-18)9-8-14-6-7-16(20-4)10-15(14)11-17/h6-7,10,13H,5,8-9,11-12,18H2,1-4H3. The van der Waals surface area contributed by atoms with E-state index in [1.165, 1.54) is 11.1 Å². The van der Waals surface area contributed by atoms with Gasteiger partial charge >= 0.3 is 0 Å². The number of hydrogen-bond acceptors (Lipinski definition) is 3. The Morgan fingerprint density at radius 1 is 1.35 bits per heavy atom. The second kappa shape index (κ2) is 6.15. The molecule has 0 radical (unpaired) electrons. The molecule has 0 aliphatic heterocycles. The maximum atomic E-state index is 6.21. The van der Waals surface area contributed by atoms with Crippen LogP contribution in [0.3, 0.4) is 0 Å². The van der Waals surface area contributed by atoms with Crippen LogP contribution in [0.2, 0.25) is 0 Å². The first-order chi connectivity index (χ1) is 9.56. The molecule has 0 fully saturated rings. The van der Waals surface area contributed by atoms with Crippen LogP contribution < -0.4 is 10.5 Å². The average molecular weight is 276 g/mol. The van der Waals surface area contributed by atoms with Crippen LogP contribution in [0.1, 0.15) is 38.3 Å². The number of hydrogen-bond donors (Lipinski definition) is 1. The highest BCUT2D eigenvalue weighted by atomic mass is 16.5. The van der Waals surface area contributed by atoms with Crippen LogP contribution in [0.5, 0.6) is 5.75 Å². The summed E-state index contributed by atoms with van der Waals surface area (Å²) in [5, 5.41) is 0. The van der Waals surface area contributed by atoms with Crippen LogP contribution in [0, 0.1) is 0 Å². The van der Waals surface area contributed by atoms with Gasteiger partial charge in [-0.25, -0.2) is 0 Å². The van der Waals surface area contributed by atoms with Crippen molar-refractivity contribution >= 4 is 0 Å². The molecule has 1 aliphatic rings. The molecule has 1 aromatic carbocycles. The summed E-state index contributed by atoms with van der Waals surface area (Å²) in [6.45, 7) is 8.53. The molecule has 1 aliphatic carbocycles. The quantitative estimate of drug-likeness (QED) is 0.898. The monoisotopic (exact) mass is 276 g/mol. The van der Waals surface area contributed by atoms with E-state index < -0.39 is 0 Å². The largest absolute Gasteiger partial charge is 0.497 e. The number of ether oxygens (including phenoxy) is 1. The molecule has 3 heteroatoms. The minimum atomic E-state index is 0.0995. The lowest BCUT2D eigenvalue weighted by atomic mass is 9.76. The number of rotatable bonds is 5. The fraction of sp³-hybridized carbons (Fsp3) is 0.647. The van der Waals surface area contributed by atoms with E-state index in [1.54, 1.807) is 7.11 Å². The number of methoxy groups -OCH3 is 1. The molecule has 0 bridgehead atoms. The Hall–Kier alpha value is -1.06. The van der Waals surface area contributed by atoms with Gasteiger partial charge in [-0.15, -0.1) is 0 Å². The summed E-state index contributed by atoms with van der Waals surface area (Å²) in [7, 11) is 1.73. The number of nitrogens with two attached hydrogens (primary N) is 1. The highest BCUT2D eigenvalue weighted by Gasteiger charge is 2.39. The van der Waals surface area contributed by atoms with Gasteiger partial charge < -0.3 is 10.5 Å². The summed E-state index contributed by atoms with van der Waals surface area (Å²) in [5.74, 6) is 0.948. The number of fused-ring (bicyclic) bond motifs is 1. The summed E-state index contributed by atoms with van der Waals surface area (Å²) in [4.78, 5) is 2.56. The zero-order valence-electron chi connectivity index (χ0n) is 13.3. The summed E-state index contributed by atoms with van der Waals surface area (Å²) in [6.07, 6.45) is 3.29. The topological polar surface area (TPSA) is 38.5 Å². The van der Waals surface area contributed by atoms with Crippen molar-refractivity contribution in [3.8, 4) is 5.75 Å². The van der Waals surface area contributed by atoms with Gasteiger partial charge in [0, 0.05) is 18.1 Å². The van der Waals surface area contributed by atoms with Crippen molar-refractivity contribution in [3.05, 3.63) is 29.3 Å². The van der Waals surface area contributed by atoms with E-state index in [1.807, 2.05) is 0 Å². The Morgan fingerprint density at radius 2 is 2.10 bits per heavy atom. The van der Waals surface area contributed by atoms with Crippen LogP contribution in [-0.2, 0) is 12.8 Å². The first kappa shape index (κ1) is 15.3. The van der Waals surface area contributed by atoms with Crippen molar-refractivity contribution < 1.29 is 4.74 Å². The number of aryl methyl sites for hydroxylation is 1. The first-order valence-electron chi connectivity index (χ1n) is 7.69.